The van der Waals surface area contributed by atoms with Crippen LogP contribution in [0.25, 0.3) is 0 Å². The lowest BCUT2D eigenvalue weighted by Gasteiger charge is -2.06. The molecule has 1 heterocycles. The Kier molecular flexibility index (Phi) is 3.23. The zero-order chi connectivity index (χ0) is 12.4. The highest BCUT2D eigenvalue weighted by atomic mass is 79.9. The Morgan fingerprint density at radius 2 is 2.29 bits per heavy atom. The average Bonchev–Trinajstić information content (AvgIpc) is 2.63. The van der Waals surface area contributed by atoms with Crippen LogP contribution in [0, 0.1) is 5.82 Å². The molecule has 0 amide bonds. The van der Waals surface area contributed by atoms with Crippen LogP contribution < -0.4 is 0 Å². The standard InChI is InChI=1S/C11H8BrFN2O2/c12-8-4-14-15(6-8)5-7-3-9(13)1-2-10(7)11(16)17/h1-4,6H,5H2,(H,16,17). The minimum absolute atomic E-state index is 0.0815. The van der Waals surface area contributed by atoms with E-state index in [4.69, 9.17) is 5.11 Å². The van der Waals surface area contributed by atoms with E-state index in [1.54, 1.807) is 12.4 Å². The van der Waals surface area contributed by atoms with Gasteiger partial charge in [0.25, 0.3) is 0 Å². The Morgan fingerprint density at radius 1 is 1.53 bits per heavy atom. The van der Waals surface area contributed by atoms with Gasteiger partial charge in [0.2, 0.25) is 0 Å². The second-order valence-corrected chi connectivity index (χ2v) is 4.38. The van der Waals surface area contributed by atoms with Crippen molar-refractivity contribution in [2.75, 3.05) is 0 Å². The molecule has 0 aliphatic rings. The fourth-order valence-corrected chi connectivity index (χ4v) is 1.83. The number of aromatic carboxylic acids is 1. The molecule has 0 spiro atoms. The molecule has 0 aliphatic carbocycles. The quantitative estimate of drug-likeness (QED) is 0.947. The van der Waals surface area contributed by atoms with Crippen molar-refractivity contribution in [3.05, 3.63) is 52.0 Å². The number of benzene rings is 1. The first kappa shape index (κ1) is 11.8. The molecule has 0 saturated heterocycles. The van der Waals surface area contributed by atoms with Gasteiger partial charge >= 0.3 is 5.97 Å². The highest BCUT2D eigenvalue weighted by Crippen LogP contribution is 2.14. The van der Waals surface area contributed by atoms with Gasteiger partial charge in [-0.1, -0.05) is 0 Å². The number of hydrogen-bond acceptors (Lipinski definition) is 2. The molecule has 4 nitrogen and oxygen atoms in total. The maximum atomic E-state index is 13.1. The van der Waals surface area contributed by atoms with E-state index in [0.717, 1.165) is 10.5 Å². The largest absolute Gasteiger partial charge is 0.478 e. The number of carboxylic acids is 1. The number of hydrogen-bond donors (Lipinski definition) is 1. The third-order valence-corrected chi connectivity index (χ3v) is 2.64. The van der Waals surface area contributed by atoms with Crippen molar-refractivity contribution in [2.24, 2.45) is 0 Å². The van der Waals surface area contributed by atoms with Gasteiger partial charge in [-0.2, -0.15) is 5.10 Å². The number of carboxylic acid groups (broad SMARTS) is 1. The van der Waals surface area contributed by atoms with E-state index in [0.29, 0.717) is 5.56 Å². The Bertz CT molecular complexity index is 568. The lowest BCUT2D eigenvalue weighted by molar-refractivity contribution is 0.0695. The molecule has 0 aliphatic heterocycles. The van der Waals surface area contributed by atoms with Gasteiger partial charge < -0.3 is 5.11 Å². The number of rotatable bonds is 3. The Hall–Kier alpha value is -1.69. The van der Waals surface area contributed by atoms with Gasteiger partial charge in [0.15, 0.2) is 0 Å². The van der Waals surface area contributed by atoms with E-state index in [1.165, 1.54) is 16.8 Å². The van der Waals surface area contributed by atoms with Crippen molar-refractivity contribution in [3.63, 3.8) is 0 Å². The summed E-state index contributed by atoms with van der Waals surface area (Å²) in [5.74, 6) is -1.54. The van der Waals surface area contributed by atoms with Gasteiger partial charge in [-0.05, 0) is 39.7 Å². The second kappa shape index (κ2) is 4.67. The number of carbonyl (C=O) groups is 1. The van der Waals surface area contributed by atoms with Gasteiger partial charge in [0.05, 0.1) is 22.8 Å². The molecule has 1 aromatic heterocycles. The van der Waals surface area contributed by atoms with Crippen molar-refractivity contribution in [3.8, 4) is 0 Å². The molecule has 17 heavy (non-hydrogen) atoms. The van der Waals surface area contributed by atoms with Crippen LogP contribution in [0.4, 0.5) is 4.39 Å². The van der Waals surface area contributed by atoms with Crippen LogP contribution in [0.1, 0.15) is 15.9 Å². The summed E-state index contributed by atoms with van der Waals surface area (Å²) < 4.78 is 15.4. The molecule has 1 N–H and O–H groups in total. The van der Waals surface area contributed by atoms with E-state index < -0.39 is 11.8 Å². The van der Waals surface area contributed by atoms with Gasteiger partial charge in [0.1, 0.15) is 5.82 Å². The van der Waals surface area contributed by atoms with E-state index >= 15 is 0 Å². The molecule has 0 saturated carbocycles. The summed E-state index contributed by atoms with van der Waals surface area (Å²) >= 11 is 3.23. The van der Waals surface area contributed by atoms with Crippen LogP contribution in [-0.4, -0.2) is 20.9 Å². The first-order valence-corrected chi connectivity index (χ1v) is 5.55. The van der Waals surface area contributed by atoms with Crippen LogP contribution in [0.3, 0.4) is 0 Å². The summed E-state index contributed by atoms with van der Waals surface area (Å²) in [5, 5.41) is 13.0. The van der Waals surface area contributed by atoms with E-state index in [-0.39, 0.29) is 12.1 Å². The predicted molar refractivity (Wildman–Crippen MR) is 62.4 cm³/mol. The highest BCUT2D eigenvalue weighted by Gasteiger charge is 2.11. The third-order valence-electron chi connectivity index (χ3n) is 2.23. The molecule has 88 valence electrons. The van der Waals surface area contributed by atoms with Gasteiger partial charge in [-0.15, -0.1) is 0 Å². The van der Waals surface area contributed by atoms with Crippen LogP contribution >= 0.6 is 15.9 Å². The summed E-state index contributed by atoms with van der Waals surface area (Å²) in [6.07, 6.45) is 3.27. The molecule has 0 unspecified atom stereocenters. The molecule has 2 rings (SSSR count). The van der Waals surface area contributed by atoms with Crippen LogP contribution in [-0.2, 0) is 6.54 Å². The number of halogens is 2. The maximum Gasteiger partial charge on any atom is 0.336 e. The predicted octanol–water partition coefficient (Wildman–Crippen LogP) is 2.53. The molecule has 6 heteroatoms. The summed E-state index contributed by atoms with van der Waals surface area (Å²) in [6, 6.07) is 3.59. The normalized spacial score (nSPS) is 10.5. The lowest BCUT2D eigenvalue weighted by atomic mass is 10.1. The fraction of sp³-hybridized carbons (Fsp3) is 0.0909. The zero-order valence-corrected chi connectivity index (χ0v) is 10.2. The zero-order valence-electron chi connectivity index (χ0n) is 8.60. The third kappa shape index (κ3) is 2.71. The minimum atomic E-state index is -1.08. The molecular weight excluding hydrogens is 291 g/mol. The Labute approximate surface area is 105 Å². The first-order chi connectivity index (χ1) is 8.06. The summed E-state index contributed by atoms with van der Waals surface area (Å²) in [6.45, 7) is 0.213. The van der Waals surface area contributed by atoms with Crippen LogP contribution in [0.2, 0.25) is 0 Å². The number of aromatic nitrogens is 2. The molecule has 0 fully saturated rings. The van der Waals surface area contributed by atoms with Gasteiger partial charge in [-0.25, -0.2) is 9.18 Å². The smallest absolute Gasteiger partial charge is 0.336 e. The molecule has 0 bridgehead atoms. The monoisotopic (exact) mass is 298 g/mol. The minimum Gasteiger partial charge on any atom is -0.478 e. The lowest BCUT2D eigenvalue weighted by Crippen LogP contribution is -2.08. The fourth-order valence-electron chi connectivity index (χ4n) is 1.50. The first-order valence-electron chi connectivity index (χ1n) is 4.76. The molecule has 0 atom stereocenters. The molecule has 0 radical (unpaired) electrons. The van der Waals surface area contributed by atoms with E-state index in [2.05, 4.69) is 21.0 Å². The SMILES string of the molecule is O=C(O)c1ccc(F)cc1Cn1cc(Br)cn1. The van der Waals surface area contributed by atoms with Gasteiger partial charge in [0, 0.05) is 6.20 Å². The summed E-state index contributed by atoms with van der Waals surface area (Å²) in [4.78, 5) is 11.0. The molecular formula is C11H8BrFN2O2. The average molecular weight is 299 g/mol. The van der Waals surface area contributed by atoms with Crippen molar-refractivity contribution in [1.29, 1.82) is 0 Å². The van der Waals surface area contributed by atoms with E-state index in [1.807, 2.05) is 0 Å². The molecule has 2 aromatic rings. The second-order valence-electron chi connectivity index (χ2n) is 3.46. The van der Waals surface area contributed by atoms with Crippen LogP contribution in [0.5, 0.6) is 0 Å². The van der Waals surface area contributed by atoms with Gasteiger partial charge in [-0.3, -0.25) is 4.68 Å². The summed E-state index contributed by atoms with van der Waals surface area (Å²) in [5.41, 5.74) is 0.464. The Balaban J connectivity index is 2.37. The van der Waals surface area contributed by atoms with Crippen molar-refractivity contribution in [2.45, 2.75) is 6.54 Å². The van der Waals surface area contributed by atoms with E-state index in [9.17, 15) is 9.18 Å². The van der Waals surface area contributed by atoms with Crippen molar-refractivity contribution < 1.29 is 14.3 Å². The van der Waals surface area contributed by atoms with Crippen molar-refractivity contribution in [1.82, 2.24) is 9.78 Å². The summed E-state index contributed by atoms with van der Waals surface area (Å²) in [7, 11) is 0. The topological polar surface area (TPSA) is 55.1 Å². The number of nitrogens with zero attached hydrogens (tertiary/aromatic N) is 2. The highest BCUT2D eigenvalue weighted by molar-refractivity contribution is 9.10. The molecule has 1 aromatic carbocycles. The Morgan fingerprint density at radius 3 is 2.88 bits per heavy atom. The van der Waals surface area contributed by atoms with Crippen LogP contribution in [0.15, 0.2) is 35.1 Å². The maximum absolute atomic E-state index is 13.1. The van der Waals surface area contributed by atoms with Crippen molar-refractivity contribution >= 4 is 21.9 Å².